The molecule has 2 rings (SSSR count). The molecule has 4 heteroatoms. The summed E-state index contributed by atoms with van der Waals surface area (Å²) in [5.74, 6) is 0.604. The molecule has 4 nitrogen and oxygen atoms in total. The van der Waals surface area contributed by atoms with Gasteiger partial charge in [0.1, 0.15) is 6.17 Å². The van der Waals surface area contributed by atoms with Gasteiger partial charge in [-0.05, 0) is 46.1 Å². The van der Waals surface area contributed by atoms with Gasteiger partial charge in [0.25, 0.3) is 5.91 Å². The highest BCUT2D eigenvalue weighted by molar-refractivity contribution is 5.98. The number of likely N-dealkylation sites (N-methyl/N-ethyl adjacent to an activating group) is 1. The number of carbonyl (C=O) groups excluding carboxylic acids is 1. The smallest absolute Gasteiger partial charge is 0.256 e. The zero-order chi connectivity index (χ0) is 15.7. The third kappa shape index (κ3) is 3.15. The summed E-state index contributed by atoms with van der Waals surface area (Å²) in [7, 11) is 1.99. The summed E-state index contributed by atoms with van der Waals surface area (Å²) in [6.45, 7) is 17.5. The SMILES string of the molecule is C=C1C(=C)N(C)C(C)N(CC2CCCN(C(C)C)C2)C1=O. The molecule has 2 fully saturated rings. The lowest BCUT2D eigenvalue weighted by Crippen LogP contribution is -2.55. The van der Waals surface area contributed by atoms with E-state index in [0.29, 0.717) is 17.5 Å². The molecule has 0 aromatic heterocycles. The molecule has 0 radical (unpaired) electrons. The van der Waals surface area contributed by atoms with Crippen molar-refractivity contribution in [3.63, 3.8) is 0 Å². The van der Waals surface area contributed by atoms with Gasteiger partial charge >= 0.3 is 0 Å². The third-order valence-electron chi connectivity index (χ3n) is 5.04. The summed E-state index contributed by atoms with van der Waals surface area (Å²) in [5.41, 5.74) is 1.28. The highest BCUT2D eigenvalue weighted by atomic mass is 16.2. The fraction of sp³-hybridized carbons (Fsp3) is 0.706. The summed E-state index contributed by atoms with van der Waals surface area (Å²) in [6, 6.07) is 0.583. The molecule has 1 amide bonds. The van der Waals surface area contributed by atoms with E-state index >= 15 is 0 Å². The highest BCUT2D eigenvalue weighted by Crippen LogP contribution is 2.27. The molecule has 0 aliphatic carbocycles. The molecule has 2 aliphatic rings. The molecule has 0 N–H and O–H groups in total. The van der Waals surface area contributed by atoms with E-state index in [0.717, 1.165) is 18.8 Å². The van der Waals surface area contributed by atoms with Crippen LogP contribution in [0.4, 0.5) is 0 Å². The second-order valence-corrected chi connectivity index (χ2v) is 6.72. The van der Waals surface area contributed by atoms with E-state index in [1.807, 2.05) is 16.8 Å². The zero-order valence-corrected chi connectivity index (χ0v) is 13.9. The summed E-state index contributed by atoms with van der Waals surface area (Å²) in [4.78, 5) is 19.0. The van der Waals surface area contributed by atoms with Crippen LogP contribution in [0.15, 0.2) is 24.4 Å². The van der Waals surface area contributed by atoms with Crippen molar-refractivity contribution < 1.29 is 4.79 Å². The second-order valence-electron chi connectivity index (χ2n) is 6.72. The normalized spacial score (nSPS) is 28.7. The van der Waals surface area contributed by atoms with E-state index in [9.17, 15) is 4.79 Å². The quantitative estimate of drug-likeness (QED) is 0.747. The molecule has 0 aromatic rings. The standard InChI is InChI=1S/C17H29N3O/c1-12(2)19-9-7-8-16(10-19)11-20-15(5)18(6)14(4)13(3)17(20)21/h12,15-16H,3-4,7-11H2,1-2,5-6H3. The van der Waals surface area contributed by atoms with E-state index < -0.39 is 0 Å². The van der Waals surface area contributed by atoms with Crippen molar-refractivity contribution in [1.82, 2.24) is 14.7 Å². The van der Waals surface area contributed by atoms with Crippen LogP contribution in [0.25, 0.3) is 0 Å². The number of amides is 1. The second kappa shape index (κ2) is 6.22. The number of carbonyl (C=O) groups is 1. The van der Waals surface area contributed by atoms with Gasteiger partial charge in [0.05, 0.1) is 5.57 Å². The summed E-state index contributed by atoms with van der Waals surface area (Å²) >= 11 is 0. The van der Waals surface area contributed by atoms with Gasteiger partial charge in [-0.15, -0.1) is 0 Å². The van der Waals surface area contributed by atoms with Crippen molar-refractivity contribution in [3.05, 3.63) is 24.4 Å². The van der Waals surface area contributed by atoms with Crippen LogP contribution in [0.3, 0.4) is 0 Å². The van der Waals surface area contributed by atoms with Crippen molar-refractivity contribution in [3.8, 4) is 0 Å². The highest BCUT2D eigenvalue weighted by Gasteiger charge is 2.35. The van der Waals surface area contributed by atoms with Crippen LogP contribution in [-0.4, -0.2) is 59.5 Å². The maximum absolute atomic E-state index is 12.5. The average molecular weight is 291 g/mol. The molecule has 0 saturated carbocycles. The van der Waals surface area contributed by atoms with E-state index in [4.69, 9.17) is 0 Å². The Kier molecular flexibility index (Phi) is 4.77. The Morgan fingerprint density at radius 3 is 2.62 bits per heavy atom. The average Bonchev–Trinajstić information content (AvgIpc) is 2.48. The van der Waals surface area contributed by atoms with E-state index in [2.05, 4.69) is 38.8 Å². The predicted molar refractivity (Wildman–Crippen MR) is 86.7 cm³/mol. The van der Waals surface area contributed by atoms with Gasteiger partial charge in [-0.2, -0.15) is 0 Å². The van der Waals surface area contributed by atoms with Crippen LogP contribution < -0.4 is 0 Å². The number of nitrogens with zero attached hydrogens (tertiary/aromatic N) is 3. The Balaban J connectivity index is 2.05. The predicted octanol–water partition coefficient (Wildman–Crippen LogP) is 2.30. The number of hydrogen-bond donors (Lipinski definition) is 0. The molecule has 0 bridgehead atoms. The van der Waals surface area contributed by atoms with Crippen molar-refractivity contribution in [2.75, 3.05) is 26.7 Å². The van der Waals surface area contributed by atoms with Crippen LogP contribution in [0.1, 0.15) is 33.6 Å². The zero-order valence-electron chi connectivity index (χ0n) is 13.9. The van der Waals surface area contributed by atoms with Gasteiger partial charge in [-0.25, -0.2) is 0 Å². The monoisotopic (exact) mass is 291 g/mol. The summed E-state index contributed by atoms with van der Waals surface area (Å²) in [6.07, 6.45) is 2.49. The Hall–Kier alpha value is -1.29. The first-order valence-corrected chi connectivity index (χ1v) is 7.99. The summed E-state index contributed by atoms with van der Waals surface area (Å²) in [5, 5.41) is 0. The minimum absolute atomic E-state index is 0.0484. The van der Waals surface area contributed by atoms with E-state index in [1.54, 1.807) is 0 Å². The topological polar surface area (TPSA) is 26.8 Å². The Bertz CT molecular complexity index is 443. The van der Waals surface area contributed by atoms with Crippen molar-refractivity contribution >= 4 is 5.91 Å². The Labute approximate surface area is 129 Å². The number of rotatable bonds is 3. The number of likely N-dealkylation sites (tertiary alicyclic amines) is 1. The Morgan fingerprint density at radius 1 is 1.33 bits per heavy atom. The van der Waals surface area contributed by atoms with Crippen LogP contribution in [0.5, 0.6) is 0 Å². The molecule has 2 atom stereocenters. The molecule has 118 valence electrons. The van der Waals surface area contributed by atoms with Crippen LogP contribution in [0.2, 0.25) is 0 Å². The summed E-state index contributed by atoms with van der Waals surface area (Å²) < 4.78 is 0. The van der Waals surface area contributed by atoms with Gasteiger partial charge in [-0.3, -0.25) is 4.79 Å². The Morgan fingerprint density at radius 2 is 2.00 bits per heavy atom. The molecule has 0 aromatic carbocycles. The van der Waals surface area contributed by atoms with Gasteiger partial charge in [0.2, 0.25) is 0 Å². The van der Waals surface area contributed by atoms with Crippen LogP contribution >= 0.6 is 0 Å². The maximum atomic E-state index is 12.5. The minimum atomic E-state index is 0.0484. The maximum Gasteiger partial charge on any atom is 0.256 e. The van der Waals surface area contributed by atoms with Crippen molar-refractivity contribution in [2.45, 2.75) is 45.8 Å². The fourth-order valence-electron chi connectivity index (χ4n) is 3.34. The molecular weight excluding hydrogens is 262 g/mol. The first-order valence-electron chi connectivity index (χ1n) is 7.99. The molecule has 0 spiro atoms. The van der Waals surface area contributed by atoms with E-state index in [-0.39, 0.29) is 12.1 Å². The lowest BCUT2D eigenvalue weighted by molar-refractivity contribution is -0.135. The lowest BCUT2D eigenvalue weighted by atomic mass is 9.95. The molecular formula is C17H29N3O. The molecule has 2 aliphatic heterocycles. The fourth-order valence-corrected chi connectivity index (χ4v) is 3.34. The molecule has 21 heavy (non-hydrogen) atoms. The largest absolute Gasteiger partial charge is 0.354 e. The third-order valence-corrected chi connectivity index (χ3v) is 5.04. The van der Waals surface area contributed by atoms with Crippen molar-refractivity contribution in [1.29, 1.82) is 0 Å². The van der Waals surface area contributed by atoms with Gasteiger partial charge < -0.3 is 14.7 Å². The number of hydrogen-bond acceptors (Lipinski definition) is 3. The molecule has 2 unspecified atom stereocenters. The first kappa shape index (κ1) is 16.1. The van der Waals surface area contributed by atoms with Crippen molar-refractivity contribution in [2.24, 2.45) is 5.92 Å². The lowest BCUT2D eigenvalue weighted by Gasteiger charge is -2.45. The first-order chi connectivity index (χ1) is 9.82. The van der Waals surface area contributed by atoms with Crippen LogP contribution in [-0.2, 0) is 4.79 Å². The molecule has 2 heterocycles. The number of piperidine rings is 1. The minimum Gasteiger partial charge on any atom is -0.354 e. The molecule has 2 saturated heterocycles. The van der Waals surface area contributed by atoms with Gasteiger partial charge in [-0.1, -0.05) is 13.2 Å². The van der Waals surface area contributed by atoms with Crippen LogP contribution in [0, 0.1) is 5.92 Å². The van der Waals surface area contributed by atoms with Gasteiger partial charge in [0.15, 0.2) is 0 Å². The van der Waals surface area contributed by atoms with Gasteiger partial charge in [0, 0.05) is 31.9 Å². The van der Waals surface area contributed by atoms with E-state index in [1.165, 1.54) is 19.4 Å².